The minimum Gasteiger partial charge on any atom is -0.383 e. The predicted octanol–water partition coefficient (Wildman–Crippen LogP) is 3.51. The molecular weight excluding hydrogens is 260 g/mol. The maximum atomic E-state index is 5.06. The Hall–Kier alpha value is -1.71. The van der Waals surface area contributed by atoms with E-state index >= 15 is 0 Å². The molecule has 3 nitrogen and oxygen atoms in total. The van der Waals surface area contributed by atoms with Crippen LogP contribution >= 0.6 is 0 Å². The summed E-state index contributed by atoms with van der Waals surface area (Å²) in [6, 6.07) is 10.5. The zero-order valence-electron chi connectivity index (χ0n) is 13.1. The van der Waals surface area contributed by atoms with Crippen LogP contribution in [-0.4, -0.2) is 31.8 Å². The molecule has 2 aromatic rings. The van der Waals surface area contributed by atoms with E-state index in [2.05, 4.69) is 54.5 Å². The first kappa shape index (κ1) is 15.7. The number of hydrogen-bond donors (Lipinski definition) is 1. The Balaban J connectivity index is 2.15. The topological polar surface area (TPSA) is 34.1 Å². The number of fused-ring (bicyclic) bond motifs is 1. The minimum atomic E-state index is 0.518. The summed E-state index contributed by atoms with van der Waals surface area (Å²) in [7, 11) is 1.73. The summed E-state index contributed by atoms with van der Waals surface area (Å²) in [5.41, 5.74) is 3.67. The van der Waals surface area contributed by atoms with Crippen LogP contribution in [0.1, 0.15) is 19.4 Å². The molecule has 1 aromatic heterocycles. The fraction of sp³-hybridized carbons (Fsp3) is 0.389. The van der Waals surface area contributed by atoms with E-state index in [1.165, 1.54) is 16.5 Å². The third-order valence-electron chi connectivity index (χ3n) is 3.53. The highest BCUT2D eigenvalue weighted by atomic mass is 16.5. The number of benzene rings is 1. The van der Waals surface area contributed by atoms with Crippen molar-refractivity contribution in [2.75, 3.05) is 26.8 Å². The van der Waals surface area contributed by atoms with Gasteiger partial charge in [-0.1, -0.05) is 37.6 Å². The van der Waals surface area contributed by atoms with Crippen molar-refractivity contribution in [3.05, 3.63) is 47.7 Å². The van der Waals surface area contributed by atoms with Crippen LogP contribution in [0.25, 0.3) is 17.0 Å². The standard InChI is InChI=1S/C18H24N2O/c1-14(2)17(13-19-9-10-21-3)12-15-6-7-18-16(11-15)5-4-8-20-18/h4-8,11-12,14,19H,9-10,13H2,1-3H3. The van der Waals surface area contributed by atoms with Gasteiger partial charge in [-0.15, -0.1) is 0 Å². The van der Waals surface area contributed by atoms with Gasteiger partial charge >= 0.3 is 0 Å². The highest BCUT2D eigenvalue weighted by molar-refractivity contribution is 5.81. The molecule has 0 radical (unpaired) electrons. The summed E-state index contributed by atoms with van der Waals surface area (Å²) in [5.74, 6) is 0.518. The molecule has 1 heterocycles. The maximum absolute atomic E-state index is 5.06. The summed E-state index contributed by atoms with van der Waals surface area (Å²) in [5, 5.41) is 4.60. The first-order chi connectivity index (χ1) is 10.2. The van der Waals surface area contributed by atoms with Crippen LogP contribution in [0.3, 0.4) is 0 Å². The Morgan fingerprint density at radius 3 is 2.95 bits per heavy atom. The summed E-state index contributed by atoms with van der Waals surface area (Å²) in [6.07, 6.45) is 4.11. The van der Waals surface area contributed by atoms with Gasteiger partial charge < -0.3 is 10.1 Å². The van der Waals surface area contributed by atoms with Crippen molar-refractivity contribution < 1.29 is 4.74 Å². The zero-order chi connectivity index (χ0) is 15.1. The van der Waals surface area contributed by atoms with Gasteiger partial charge in [-0.05, 0) is 29.7 Å². The molecule has 2 rings (SSSR count). The highest BCUT2D eigenvalue weighted by Gasteiger charge is 2.04. The third-order valence-corrected chi connectivity index (χ3v) is 3.53. The highest BCUT2D eigenvalue weighted by Crippen LogP contribution is 2.18. The van der Waals surface area contributed by atoms with Gasteiger partial charge in [0, 0.05) is 31.8 Å². The van der Waals surface area contributed by atoms with Crippen molar-refractivity contribution in [2.24, 2.45) is 5.92 Å². The van der Waals surface area contributed by atoms with E-state index in [1.807, 2.05) is 12.3 Å². The zero-order valence-corrected chi connectivity index (χ0v) is 13.1. The van der Waals surface area contributed by atoms with E-state index in [0.717, 1.165) is 25.2 Å². The lowest BCUT2D eigenvalue weighted by Crippen LogP contribution is -2.23. The van der Waals surface area contributed by atoms with Crippen LogP contribution in [0.4, 0.5) is 0 Å². The largest absolute Gasteiger partial charge is 0.383 e. The maximum Gasteiger partial charge on any atom is 0.0702 e. The fourth-order valence-electron chi connectivity index (χ4n) is 2.23. The summed E-state index contributed by atoms with van der Waals surface area (Å²) >= 11 is 0. The second-order valence-corrected chi connectivity index (χ2v) is 5.50. The molecule has 0 atom stereocenters. The second-order valence-electron chi connectivity index (χ2n) is 5.50. The van der Waals surface area contributed by atoms with E-state index in [1.54, 1.807) is 7.11 Å². The van der Waals surface area contributed by atoms with Crippen molar-refractivity contribution in [1.82, 2.24) is 10.3 Å². The summed E-state index contributed by atoms with van der Waals surface area (Å²) in [6.45, 7) is 6.97. The Labute approximate surface area is 127 Å². The lowest BCUT2D eigenvalue weighted by Gasteiger charge is -2.13. The van der Waals surface area contributed by atoms with Crippen LogP contribution in [0.2, 0.25) is 0 Å². The number of methoxy groups -OCH3 is 1. The van der Waals surface area contributed by atoms with Gasteiger partial charge in [0.25, 0.3) is 0 Å². The number of rotatable bonds is 7. The molecule has 0 fully saturated rings. The Kier molecular flexibility index (Phi) is 5.90. The molecule has 21 heavy (non-hydrogen) atoms. The first-order valence-electron chi connectivity index (χ1n) is 7.45. The molecule has 0 aliphatic carbocycles. The normalized spacial score (nSPS) is 12.3. The molecule has 112 valence electrons. The molecule has 3 heteroatoms. The Bertz CT molecular complexity index is 605. The van der Waals surface area contributed by atoms with E-state index in [0.29, 0.717) is 5.92 Å². The summed E-state index contributed by atoms with van der Waals surface area (Å²) < 4.78 is 5.06. The third kappa shape index (κ3) is 4.66. The predicted molar refractivity (Wildman–Crippen MR) is 89.3 cm³/mol. The van der Waals surface area contributed by atoms with E-state index in [-0.39, 0.29) is 0 Å². The smallest absolute Gasteiger partial charge is 0.0702 e. The van der Waals surface area contributed by atoms with E-state index < -0.39 is 0 Å². The first-order valence-corrected chi connectivity index (χ1v) is 7.45. The molecule has 0 saturated carbocycles. The number of hydrogen-bond acceptors (Lipinski definition) is 3. The number of nitrogens with zero attached hydrogens (tertiary/aromatic N) is 1. The number of pyridine rings is 1. The molecular formula is C18H24N2O. The van der Waals surface area contributed by atoms with Gasteiger partial charge in [-0.2, -0.15) is 0 Å². The number of ether oxygens (including phenoxy) is 1. The van der Waals surface area contributed by atoms with Crippen LogP contribution < -0.4 is 5.32 Å². The van der Waals surface area contributed by atoms with E-state index in [4.69, 9.17) is 4.74 Å². The van der Waals surface area contributed by atoms with Crippen molar-refractivity contribution in [1.29, 1.82) is 0 Å². The van der Waals surface area contributed by atoms with Crippen molar-refractivity contribution in [3.8, 4) is 0 Å². The molecule has 1 aromatic carbocycles. The molecule has 1 N–H and O–H groups in total. The van der Waals surface area contributed by atoms with Crippen LogP contribution in [0, 0.1) is 5.92 Å². The van der Waals surface area contributed by atoms with Crippen molar-refractivity contribution in [2.45, 2.75) is 13.8 Å². The quantitative estimate of drug-likeness (QED) is 0.790. The molecule has 0 unspecified atom stereocenters. The van der Waals surface area contributed by atoms with Gasteiger partial charge in [-0.25, -0.2) is 0 Å². The molecule has 0 amide bonds. The molecule has 0 aliphatic rings. The molecule has 0 spiro atoms. The van der Waals surface area contributed by atoms with Crippen LogP contribution in [0.5, 0.6) is 0 Å². The lowest BCUT2D eigenvalue weighted by molar-refractivity contribution is 0.200. The average Bonchev–Trinajstić information content (AvgIpc) is 2.50. The number of nitrogens with one attached hydrogen (secondary N) is 1. The average molecular weight is 284 g/mol. The minimum absolute atomic E-state index is 0.518. The van der Waals surface area contributed by atoms with Crippen molar-refractivity contribution in [3.63, 3.8) is 0 Å². The van der Waals surface area contributed by atoms with E-state index in [9.17, 15) is 0 Å². The van der Waals surface area contributed by atoms with Gasteiger partial charge in [0.15, 0.2) is 0 Å². The molecule has 0 saturated heterocycles. The monoisotopic (exact) mass is 284 g/mol. The lowest BCUT2D eigenvalue weighted by atomic mass is 9.99. The molecule has 0 bridgehead atoms. The van der Waals surface area contributed by atoms with Gasteiger partial charge in [0.05, 0.1) is 12.1 Å². The van der Waals surface area contributed by atoms with Gasteiger partial charge in [0.2, 0.25) is 0 Å². The van der Waals surface area contributed by atoms with Crippen molar-refractivity contribution >= 4 is 17.0 Å². The molecule has 0 aliphatic heterocycles. The summed E-state index contributed by atoms with van der Waals surface area (Å²) in [4.78, 5) is 4.36. The van der Waals surface area contributed by atoms with Gasteiger partial charge in [0.1, 0.15) is 0 Å². The van der Waals surface area contributed by atoms with Gasteiger partial charge in [-0.3, -0.25) is 4.98 Å². The van der Waals surface area contributed by atoms with Crippen LogP contribution in [-0.2, 0) is 4.74 Å². The SMILES string of the molecule is COCCNCC(=Cc1ccc2ncccc2c1)C(C)C. The Morgan fingerprint density at radius 1 is 1.33 bits per heavy atom. The number of aromatic nitrogens is 1. The van der Waals surface area contributed by atoms with Crippen LogP contribution in [0.15, 0.2) is 42.1 Å². The second kappa shape index (κ2) is 7.91. The Morgan fingerprint density at radius 2 is 2.19 bits per heavy atom. The fourth-order valence-corrected chi connectivity index (χ4v) is 2.23.